The molecule has 0 fully saturated rings. The van der Waals surface area contributed by atoms with Gasteiger partial charge in [-0.15, -0.1) is 0 Å². The van der Waals surface area contributed by atoms with E-state index in [4.69, 9.17) is 25.5 Å². The highest BCUT2D eigenvalue weighted by atomic mass is 35.5. The van der Waals surface area contributed by atoms with Gasteiger partial charge < -0.3 is 24.5 Å². The number of amides is 2. The second kappa shape index (κ2) is 11.0. The summed E-state index contributed by atoms with van der Waals surface area (Å²) in [6, 6.07) is 19.8. The van der Waals surface area contributed by atoms with Crippen molar-refractivity contribution < 1.29 is 23.5 Å². The van der Waals surface area contributed by atoms with Crippen LogP contribution in [0.1, 0.15) is 28.6 Å². The van der Waals surface area contributed by atoms with Crippen molar-refractivity contribution in [1.82, 2.24) is 5.32 Å². The smallest absolute Gasteiger partial charge is 0.291 e. The molecule has 0 bridgehead atoms. The molecule has 1 heterocycles. The maximum Gasteiger partial charge on any atom is 0.291 e. The summed E-state index contributed by atoms with van der Waals surface area (Å²) in [5.41, 5.74) is 2.87. The minimum atomic E-state index is -0.337. The third kappa shape index (κ3) is 5.94. The van der Waals surface area contributed by atoms with Gasteiger partial charge in [0.15, 0.2) is 17.3 Å². The Morgan fingerprint density at radius 1 is 1.00 bits per heavy atom. The van der Waals surface area contributed by atoms with Crippen molar-refractivity contribution in [3.05, 3.63) is 88.6 Å². The quantitative estimate of drug-likeness (QED) is 0.317. The van der Waals surface area contributed by atoms with Crippen LogP contribution in [0.25, 0.3) is 11.0 Å². The van der Waals surface area contributed by atoms with Crippen LogP contribution in [0.15, 0.2) is 71.1 Å². The Labute approximate surface area is 208 Å². The molecule has 1 aromatic heterocycles. The van der Waals surface area contributed by atoms with Crippen LogP contribution < -0.4 is 20.1 Å². The minimum absolute atomic E-state index is 0.145. The summed E-state index contributed by atoms with van der Waals surface area (Å²) in [5, 5.41) is 6.98. The highest BCUT2D eigenvalue weighted by Gasteiger charge is 2.14. The number of halogens is 1. The van der Waals surface area contributed by atoms with Gasteiger partial charge in [-0.3, -0.25) is 9.59 Å². The van der Waals surface area contributed by atoms with E-state index in [1.807, 2.05) is 31.2 Å². The number of furan rings is 1. The predicted molar refractivity (Wildman–Crippen MR) is 135 cm³/mol. The Morgan fingerprint density at radius 3 is 2.49 bits per heavy atom. The summed E-state index contributed by atoms with van der Waals surface area (Å²) in [5.74, 6) is 0.757. The summed E-state index contributed by atoms with van der Waals surface area (Å²) in [6.07, 6.45) is 0.194. The fourth-order valence-corrected chi connectivity index (χ4v) is 3.89. The Bertz CT molecular complexity index is 1310. The highest BCUT2D eigenvalue weighted by Crippen LogP contribution is 2.36. The second-order valence-corrected chi connectivity index (χ2v) is 8.20. The molecule has 0 radical (unpaired) electrons. The average molecular weight is 493 g/mol. The molecular weight excluding hydrogens is 468 g/mol. The van der Waals surface area contributed by atoms with Gasteiger partial charge in [-0.1, -0.05) is 41.9 Å². The lowest BCUT2D eigenvalue weighted by Crippen LogP contribution is -2.24. The SMILES string of the molecule is CCOc1c(Cl)cc(CNC(=O)Cc2ccc(NC(=O)c3cc4ccccc4o3)cc2)cc1OC. The van der Waals surface area contributed by atoms with Gasteiger partial charge in [0.05, 0.1) is 25.2 Å². The Morgan fingerprint density at radius 2 is 1.77 bits per heavy atom. The van der Waals surface area contributed by atoms with E-state index in [-0.39, 0.29) is 24.0 Å². The Hall–Kier alpha value is -3.97. The number of para-hydroxylation sites is 1. The third-order valence-electron chi connectivity index (χ3n) is 5.29. The molecule has 0 atom stereocenters. The lowest BCUT2D eigenvalue weighted by atomic mass is 10.1. The molecule has 180 valence electrons. The van der Waals surface area contributed by atoms with Gasteiger partial charge in [0.2, 0.25) is 5.91 Å². The molecule has 0 saturated heterocycles. The van der Waals surface area contributed by atoms with E-state index in [2.05, 4.69) is 10.6 Å². The van der Waals surface area contributed by atoms with Crippen LogP contribution in [0.4, 0.5) is 5.69 Å². The topological polar surface area (TPSA) is 89.8 Å². The van der Waals surface area contributed by atoms with Gasteiger partial charge in [0, 0.05) is 17.6 Å². The number of hydrogen-bond donors (Lipinski definition) is 2. The molecular formula is C27H25ClN2O5. The van der Waals surface area contributed by atoms with Crippen LogP contribution >= 0.6 is 11.6 Å². The van der Waals surface area contributed by atoms with E-state index in [0.717, 1.165) is 16.5 Å². The number of carbonyl (C=O) groups is 2. The number of nitrogens with one attached hydrogen (secondary N) is 2. The van der Waals surface area contributed by atoms with E-state index in [1.165, 1.54) is 0 Å². The molecule has 0 aliphatic heterocycles. The molecule has 0 unspecified atom stereocenters. The minimum Gasteiger partial charge on any atom is -0.493 e. The van der Waals surface area contributed by atoms with Gasteiger partial charge in [-0.25, -0.2) is 0 Å². The van der Waals surface area contributed by atoms with Crippen LogP contribution in [0.5, 0.6) is 11.5 Å². The lowest BCUT2D eigenvalue weighted by molar-refractivity contribution is -0.120. The number of carbonyl (C=O) groups excluding carboxylic acids is 2. The van der Waals surface area contributed by atoms with Gasteiger partial charge in [-0.2, -0.15) is 0 Å². The molecule has 0 aliphatic rings. The molecule has 3 aromatic carbocycles. The van der Waals surface area contributed by atoms with Crippen molar-refractivity contribution in [3.8, 4) is 11.5 Å². The van der Waals surface area contributed by atoms with Gasteiger partial charge in [0.25, 0.3) is 5.91 Å². The standard InChI is InChI=1S/C27H25ClN2O5/c1-3-34-26-21(28)12-18(13-23(26)33-2)16-29-25(31)14-17-8-10-20(11-9-17)30-27(32)24-15-19-6-4-5-7-22(19)35-24/h4-13,15H,3,14,16H2,1-2H3,(H,29,31)(H,30,32). The van der Waals surface area contributed by atoms with Crippen molar-refractivity contribution in [2.45, 2.75) is 19.9 Å². The van der Waals surface area contributed by atoms with Crippen molar-refractivity contribution in [2.24, 2.45) is 0 Å². The van der Waals surface area contributed by atoms with Gasteiger partial charge in [-0.05, 0) is 54.4 Å². The molecule has 4 rings (SSSR count). The summed E-state index contributed by atoms with van der Waals surface area (Å²) in [6.45, 7) is 2.63. The number of anilines is 1. The largest absolute Gasteiger partial charge is 0.493 e. The zero-order valence-corrected chi connectivity index (χ0v) is 20.1. The second-order valence-electron chi connectivity index (χ2n) is 7.80. The predicted octanol–water partition coefficient (Wildman–Crippen LogP) is 5.60. The van der Waals surface area contributed by atoms with E-state index in [0.29, 0.717) is 40.9 Å². The van der Waals surface area contributed by atoms with E-state index in [1.54, 1.807) is 49.6 Å². The number of fused-ring (bicyclic) bond motifs is 1. The molecule has 2 N–H and O–H groups in total. The summed E-state index contributed by atoms with van der Waals surface area (Å²) < 4.78 is 16.5. The van der Waals surface area contributed by atoms with Crippen LogP contribution in [0.3, 0.4) is 0 Å². The first-order valence-electron chi connectivity index (χ1n) is 11.1. The van der Waals surface area contributed by atoms with Crippen molar-refractivity contribution in [3.63, 3.8) is 0 Å². The third-order valence-corrected chi connectivity index (χ3v) is 5.57. The zero-order valence-electron chi connectivity index (χ0n) is 19.4. The Balaban J connectivity index is 1.31. The van der Waals surface area contributed by atoms with Crippen molar-refractivity contribution in [1.29, 1.82) is 0 Å². The molecule has 2 amide bonds. The van der Waals surface area contributed by atoms with E-state index >= 15 is 0 Å². The first-order valence-corrected chi connectivity index (χ1v) is 11.5. The summed E-state index contributed by atoms with van der Waals surface area (Å²) in [7, 11) is 1.54. The van der Waals surface area contributed by atoms with Crippen LogP contribution in [-0.2, 0) is 17.8 Å². The number of rotatable bonds is 9. The molecule has 0 spiro atoms. The monoisotopic (exact) mass is 492 g/mol. The number of ether oxygens (including phenoxy) is 2. The first-order chi connectivity index (χ1) is 17.0. The molecule has 0 saturated carbocycles. The van der Waals surface area contributed by atoms with Crippen LogP contribution in [-0.4, -0.2) is 25.5 Å². The van der Waals surface area contributed by atoms with Crippen LogP contribution in [0.2, 0.25) is 5.02 Å². The van der Waals surface area contributed by atoms with Crippen molar-refractivity contribution in [2.75, 3.05) is 19.0 Å². The number of hydrogen-bond acceptors (Lipinski definition) is 5. The normalized spacial score (nSPS) is 10.7. The Kier molecular flexibility index (Phi) is 7.57. The maximum atomic E-state index is 12.5. The number of benzene rings is 3. The number of methoxy groups -OCH3 is 1. The molecule has 4 aromatic rings. The van der Waals surface area contributed by atoms with Crippen LogP contribution in [0, 0.1) is 0 Å². The zero-order chi connectivity index (χ0) is 24.8. The molecule has 7 nitrogen and oxygen atoms in total. The fourth-order valence-electron chi connectivity index (χ4n) is 3.60. The highest BCUT2D eigenvalue weighted by molar-refractivity contribution is 6.32. The fraction of sp³-hybridized carbons (Fsp3) is 0.185. The summed E-state index contributed by atoms with van der Waals surface area (Å²) in [4.78, 5) is 24.9. The molecule has 0 aliphatic carbocycles. The van der Waals surface area contributed by atoms with E-state index in [9.17, 15) is 9.59 Å². The van der Waals surface area contributed by atoms with Gasteiger partial charge in [0.1, 0.15) is 5.58 Å². The molecule has 8 heteroatoms. The summed E-state index contributed by atoms with van der Waals surface area (Å²) >= 11 is 6.29. The lowest BCUT2D eigenvalue weighted by Gasteiger charge is -2.13. The van der Waals surface area contributed by atoms with Gasteiger partial charge >= 0.3 is 0 Å². The maximum absolute atomic E-state index is 12.5. The first kappa shape index (κ1) is 24.2. The van der Waals surface area contributed by atoms with E-state index < -0.39 is 0 Å². The average Bonchev–Trinajstić information content (AvgIpc) is 3.30. The molecule has 35 heavy (non-hydrogen) atoms. The van der Waals surface area contributed by atoms with Crippen molar-refractivity contribution >= 4 is 40.1 Å².